The van der Waals surface area contributed by atoms with Crippen molar-refractivity contribution in [2.24, 2.45) is 0 Å². The topological polar surface area (TPSA) is 39.7 Å². The number of hydrogen-bond acceptors (Lipinski definition) is 5. The molecule has 0 bridgehead atoms. The fourth-order valence-corrected chi connectivity index (χ4v) is 0.613. The zero-order chi connectivity index (χ0) is 5.82. The van der Waals surface area contributed by atoms with Crippen LogP contribution >= 0.6 is 12.8 Å². The normalized spacial score (nSPS) is 28.9. The first kappa shape index (κ1) is 6.31. The van der Waals surface area contributed by atoms with Gasteiger partial charge in [-0.05, 0) is 0 Å². The zero-order valence-electron chi connectivity index (χ0n) is 4.16. The second kappa shape index (κ2) is 3.26. The quantitative estimate of drug-likeness (QED) is 0.404. The Bertz CT molecular complexity index is 65.5. The molecule has 1 rings (SSSR count). The van der Waals surface area contributed by atoms with Crippen LogP contribution in [-0.2, 0) is 14.8 Å². The maximum absolute atomic E-state index is 4.56. The molecule has 0 aromatic rings. The second-order valence-electron chi connectivity index (χ2n) is 1.43. The molecule has 0 amide bonds. The van der Waals surface area contributed by atoms with Crippen LogP contribution < -0.4 is 4.72 Å². The van der Waals surface area contributed by atoms with Crippen molar-refractivity contribution in [1.82, 2.24) is 4.72 Å². The predicted molar refractivity (Wildman–Crippen MR) is 28.9 cm³/mol. The highest BCUT2D eigenvalue weighted by atomic mass is 32.1. The minimum Gasteiger partial charge on any atom is -0.264 e. The fourth-order valence-electron chi connectivity index (χ4n) is 0.410. The van der Waals surface area contributed by atoms with Gasteiger partial charge in [-0.1, -0.05) is 17.9 Å². The number of nitrogens with one attached hydrogen (secondary N) is 1. The summed E-state index contributed by atoms with van der Waals surface area (Å²) in [6, 6.07) is 0. The van der Waals surface area contributed by atoms with Crippen LogP contribution in [0.1, 0.15) is 0 Å². The van der Waals surface area contributed by atoms with E-state index in [0.717, 1.165) is 0 Å². The summed E-state index contributed by atoms with van der Waals surface area (Å²) in [4.78, 5) is 8.97. The van der Waals surface area contributed by atoms with Gasteiger partial charge in [0.15, 0.2) is 0 Å². The van der Waals surface area contributed by atoms with Crippen molar-refractivity contribution >= 4 is 12.8 Å². The third-order valence-electron chi connectivity index (χ3n) is 0.796. The molecule has 1 fully saturated rings. The van der Waals surface area contributed by atoms with Gasteiger partial charge in [-0.2, -0.15) is 4.89 Å². The van der Waals surface area contributed by atoms with Crippen LogP contribution in [0.5, 0.6) is 0 Å². The summed E-state index contributed by atoms with van der Waals surface area (Å²) in [5.41, 5.74) is 0. The summed E-state index contributed by atoms with van der Waals surface area (Å²) in [6.45, 7) is 1.09. The molecule has 1 N–H and O–H groups in total. The van der Waals surface area contributed by atoms with Gasteiger partial charge in [0.1, 0.15) is 12.7 Å². The van der Waals surface area contributed by atoms with Crippen LogP contribution in [0.2, 0.25) is 0 Å². The van der Waals surface area contributed by atoms with Crippen molar-refractivity contribution < 1.29 is 14.8 Å². The molecule has 48 valence electrons. The van der Waals surface area contributed by atoms with E-state index in [1.54, 1.807) is 0 Å². The predicted octanol–water partition coefficient (Wildman–Crippen LogP) is -0.317. The van der Waals surface area contributed by atoms with Crippen LogP contribution in [0.3, 0.4) is 0 Å². The van der Waals surface area contributed by atoms with Crippen LogP contribution in [0.4, 0.5) is 0 Å². The van der Waals surface area contributed by atoms with Crippen LogP contribution in [0, 0.1) is 0 Å². The van der Waals surface area contributed by atoms with Crippen molar-refractivity contribution in [2.75, 3.05) is 13.2 Å². The first-order valence-electron chi connectivity index (χ1n) is 2.25. The van der Waals surface area contributed by atoms with E-state index in [1.807, 2.05) is 0 Å². The number of thiol groups is 1. The Morgan fingerprint density at radius 3 is 3.12 bits per heavy atom. The Kier molecular flexibility index (Phi) is 2.57. The van der Waals surface area contributed by atoms with E-state index in [2.05, 4.69) is 32.4 Å². The molecule has 1 aliphatic heterocycles. The first-order valence-corrected chi connectivity index (χ1v) is 2.70. The maximum atomic E-state index is 4.56. The Morgan fingerprint density at radius 2 is 2.62 bits per heavy atom. The first-order chi connectivity index (χ1) is 3.93. The van der Waals surface area contributed by atoms with Crippen molar-refractivity contribution in [2.45, 2.75) is 6.10 Å². The highest BCUT2D eigenvalue weighted by Gasteiger charge is 2.17. The monoisotopic (exact) mass is 137 g/mol. The standard InChI is InChI=1S/C3H7NO3S/c8-4-1-3-2-5-7-6-3/h3-4,8H,1-2H2. The molecule has 1 heterocycles. The zero-order valence-corrected chi connectivity index (χ0v) is 5.06. The van der Waals surface area contributed by atoms with E-state index in [4.69, 9.17) is 0 Å². The third-order valence-corrected chi connectivity index (χ3v) is 0.979. The summed E-state index contributed by atoms with van der Waals surface area (Å²) in [5, 5.41) is 4.14. The Hall–Kier alpha value is 0.190. The molecule has 5 heteroatoms. The summed E-state index contributed by atoms with van der Waals surface area (Å²) < 4.78 is 2.62. The van der Waals surface area contributed by atoms with Gasteiger partial charge in [-0.15, -0.1) is 0 Å². The van der Waals surface area contributed by atoms with Crippen molar-refractivity contribution in [1.29, 1.82) is 0 Å². The van der Waals surface area contributed by atoms with Crippen molar-refractivity contribution in [3.63, 3.8) is 0 Å². The molecule has 1 unspecified atom stereocenters. The SMILES string of the molecule is SNCC1COOO1. The average molecular weight is 137 g/mol. The summed E-state index contributed by atoms with van der Waals surface area (Å²) in [5.74, 6) is 0. The molecule has 0 radical (unpaired) electrons. The minimum atomic E-state index is -0.0208. The fraction of sp³-hybridized carbons (Fsp3) is 1.00. The van der Waals surface area contributed by atoms with Gasteiger partial charge in [-0.25, -0.2) is 4.89 Å². The smallest absolute Gasteiger partial charge is 0.136 e. The number of hydrogen-bond donors (Lipinski definition) is 2. The number of rotatable bonds is 2. The third kappa shape index (κ3) is 1.61. The summed E-state index contributed by atoms with van der Waals surface area (Å²) in [6.07, 6.45) is -0.0208. The molecule has 8 heavy (non-hydrogen) atoms. The Morgan fingerprint density at radius 1 is 1.75 bits per heavy atom. The van der Waals surface area contributed by atoms with Gasteiger partial charge >= 0.3 is 0 Å². The molecule has 1 atom stereocenters. The minimum absolute atomic E-state index is 0.0208. The van der Waals surface area contributed by atoms with Crippen molar-refractivity contribution in [3.8, 4) is 0 Å². The average Bonchev–Trinajstić information content (AvgIpc) is 2.19. The van der Waals surface area contributed by atoms with E-state index in [-0.39, 0.29) is 6.10 Å². The van der Waals surface area contributed by atoms with Gasteiger partial charge in [0.25, 0.3) is 0 Å². The van der Waals surface area contributed by atoms with E-state index in [1.165, 1.54) is 0 Å². The van der Waals surface area contributed by atoms with E-state index in [9.17, 15) is 0 Å². The Balaban J connectivity index is 2.06. The van der Waals surface area contributed by atoms with Gasteiger partial charge in [0.2, 0.25) is 0 Å². The molecule has 4 nitrogen and oxygen atoms in total. The molecule has 1 aliphatic rings. The second-order valence-corrected chi connectivity index (χ2v) is 1.75. The van der Waals surface area contributed by atoms with Crippen LogP contribution in [0.15, 0.2) is 0 Å². The summed E-state index contributed by atoms with van der Waals surface area (Å²) in [7, 11) is 0. The highest BCUT2D eigenvalue weighted by molar-refractivity contribution is 7.78. The van der Waals surface area contributed by atoms with E-state index < -0.39 is 0 Å². The lowest BCUT2D eigenvalue weighted by atomic mass is 10.4. The summed E-state index contributed by atoms with van der Waals surface area (Å²) >= 11 is 3.75. The maximum Gasteiger partial charge on any atom is 0.136 e. The van der Waals surface area contributed by atoms with Crippen LogP contribution in [-0.4, -0.2) is 19.3 Å². The largest absolute Gasteiger partial charge is 0.264 e. The van der Waals surface area contributed by atoms with Gasteiger partial charge in [0, 0.05) is 6.54 Å². The molecular formula is C3H7NO3S. The van der Waals surface area contributed by atoms with Gasteiger partial charge in [-0.3, -0.25) is 4.72 Å². The Labute approximate surface area is 52.5 Å². The molecule has 0 aliphatic carbocycles. The molecule has 0 aromatic heterocycles. The molecule has 1 saturated heterocycles. The lowest BCUT2D eigenvalue weighted by Crippen LogP contribution is -2.21. The molecule has 0 saturated carbocycles. The molecule has 0 spiro atoms. The van der Waals surface area contributed by atoms with Gasteiger partial charge < -0.3 is 0 Å². The highest BCUT2D eigenvalue weighted by Crippen LogP contribution is 2.02. The molecule has 0 aromatic carbocycles. The van der Waals surface area contributed by atoms with E-state index >= 15 is 0 Å². The van der Waals surface area contributed by atoms with Gasteiger partial charge in [0.05, 0.1) is 0 Å². The lowest BCUT2D eigenvalue weighted by Gasteiger charge is -1.98. The van der Waals surface area contributed by atoms with E-state index in [0.29, 0.717) is 13.2 Å². The van der Waals surface area contributed by atoms with Crippen LogP contribution in [0.25, 0.3) is 0 Å². The lowest BCUT2D eigenvalue weighted by molar-refractivity contribution is -0.459. The molecular weight excluding hydrogens is 130 g/mol. The van der Waals surface area contributed by atoms with Crippen molar-refractivity contribution in [3.05, 3.63) is 0 Å².